The standard InChI is InChI=1S/C27H27FN4O4/c1-16(2)17-8-10-18(11-9-17)30-27(36)32-14-4-7-24(32)25(33)29-19-12-13-20(21(28)15-19)22-5-3-6-23(31-22)26(34)35/h3,5-6,8-13,15-16,24H,4,7,14H2,1-2H3,(H,29,33)(H,30,36)(H,34,35)/t24-/m1/s1. The Balaban J connectivity index is 1.43. The molecule has 1 aromatic heterocycles. The van der Waals surface area contributed by atoms with Gasteiger partial charge in [0.2, 0.25) is 5.91 Å². The third-order valence-electron chi connectivity index (χ3n) is 6.13. The van der Waals surface area contributed by atoms with E-state index in [9.17, 15) is 18.8 Å². The summed E-state index contributed by atoms with van der Waals surface area (Å²) in [6.45, 7) is 4.62. The monoisotopic (exact) mass is 490 g/mol. The molecule has 4 rings (SSSR count). The van der Waals surface area contributed by atoms with Gasteiger partial charge in [-0.1, -0.05) is 32.0 Å². The van der Waals surface area contributed by atoms with E-state index in [0.29, 0.717) is 31.0 Å². The van der Waals surface area contributed by atoms with Crippen LogP contribution in [0.3, 0.4) is 0 Å². The summed E-state index contributed by atoms with van der Waals surface area (Å²) in [5.41, 5.74) is 2.13. The summed E-state index contributed by atoms with van der Waals surface area (Å²) in [5.74, 6) is -1.89. The number of rotatable bonds is 6. The van der Waals surface area contributed by atoms with Crippen LogP contribution in [0.25, 0.3) is 11.3 Å². The van der Waals surface area contributed by atoms with Gasteiger partial charge in [-0.15, -0.1) is 0 Å². The van der Waals surface area contributed by atoms with Crippen LogP contribution in [0.4, 0.5) is 20.6 Å². The van der Waals surface area contributed by atoms with Gasteiger partial charge >= 0.3 is 12.0 Å². The Bertz CT molecular complexity index is 1290. The largest absolute Gasteiger partial charge is 0.477 e. The van der Waals surface area contributed by atoms with Crippen molar-refractivity contribution >= 4 is 29.3 Å². The number of aromatic carboxylic acids is 1. The number of aromatic nitrogens is 1. The number of halogens is 1. The van der Waals surface area contributed by atoms with Gasteiger partial charge in [-0.05, 0) is 66.8 Å². The minimum atomic E-state index is -1.21. The van der Waals surface area contributed by atoms with E-state index >= 15 is 0 Å². The topological polar surface area (TPSA) is 112 Å². The number of likely N-dealkylation sites (tertiary alicyclic amines) is 1. The second-order valence-corrected chi connectivity index (χ2v) is 8.96. The van der Waals surface area contributed by atoms with Crippen LogP contribution >= 0.6 is 0 Å². The molecule has 1 saturated heterocycles. The number of nitrogens with zero attached hydrogens (tertiary/aromatic N) is 2. The molecule has 36 heavy (non-hydrogen) atoms. The molecule has 8 nitrogen and oxygen atoms in total. The normalized spacial score (nSPS) is 15.1. The van der Waals surface area contributed by atoms with E-state index in [1.165, 1.54) is 35.2 Å². The number of benzene rings is 2. The van der Waals surface area contributed by atoms with Crippen molar-refractivity contribution in [2.45, 2.75) is 38.6 Å². The second kappa shape index (κ2) is 10.6. The molecule has 0 unspecified atom stereocenters. The minimum Gasteiger partial charge on any atom is -0.477 e. The Morgan fingerprint density at radius 3 is 2.42 bits per heavy atom. The zero-order chi connectivity index (χ0) is 25.8. The number of pyridine rings is 1. The number of urea groups is 1. The van der Waals surface area contributed by atoms with Gasteiger partial charge in [0.15, 0.2) is 0 Å². The van der Waals surface area contributed by atoms with Gasteiger partial charge in [0.1, 0.15) is 17.6 Å². The predicted octanol–water partition coefficient (Wildman–Crippen LogP) is 5.34. The number of carboxylic acids is 1. The molecule has 0 spiro atoms. The van der Waals surface area contributed by atoms with Crippen molar-refractivity contribution in [2.24, 2.45) is 0 Å². The molecule has 3 N–H and O–H groups in total. The van der Waals surface area contributed by atoms with Crippen molar-refractivity contribution < 1.29 is 23.9 Å². The highest BCUT2D eigenvalue weighted by Crippen LogP contribution is 2.26. The van der Waals surface area contributed by atoms with Crippen LogP contribution in [0, 0.1) is 5.82 Å². The van der Waals surface area contributed by atoms with E-state index in [-0.39, 0.29) is 28.7 Å². The average Bonchev–Trinajstić information content (AvgIpc) is 3.35. The summed E-state index contributed by atoms with van der Waals surface area (Å²) in [6.07, 6.45) is 1.18. The number of carbonyl (C=O) groups is 3. The first-order valence-electron chi connectivity index (χ1n) is 11.7. The molecule has 3 aromatic rings. The maximum absolute atomic E-state index is 14.8. The van der Waals surface area contributed by atoms with Crippen molar-refractivity contribution in [3.05, 3.63) is 77.7 Å². The maximum atomic E-state index is 14.8. The van der Waals surface area contributed by atoms with Crippen LogP contribution in [-0.2, 0) is 4.79 Å². The summed E-state index contributed by atoms with van der Waals surface area (Å²) in [4.78, 5) is 42.4. The van der Waals surface area contributed by atoms with Gasteiger partial charge in [-0.3, -0.25) is 4.79 Å². The van der Waals surface area contributed by atoms with E-state index in [1.54, 1.807) is 0 Å². The van der Waals surface area contributed by atoms with Gasteiger partial charge in [0.25, 0.3) is 0 Å². The Hall–Kier alpha value is -4.27. The van der Waals surface area contributed by atoms with Gasteiger partial charge in [0.05, 0.1) is 5.69 Å². The Kier molecular flexibility index (Phi) is 7.28. The van der Waals surface area contributed by atoms with Gasteiger partial charge in [-0.25, -0.2) is 19.0 Å². The molecular formula is C27H27FN4O4. The van der Waals surface area contributed by atoms with E-state index in [0.717, 1.165) is 11.6 Å². The predicted molar refractivity (Wildman–Crippen MR) is 134 cm³/mol. The average molecular weight is 491 g/mol. The fourth-order valence-corrected chi connectivity index (χ4v) is 4.16. The number of carboxylic acid groups (broad SMARTS) is 1. The minimum absolute atomic E-state index is 0.112. The molecular weight excluding hydrogens is 463 g/mol. The van der Waals surface area contributed by atoms with Crippen LogP contribution < -0.4 is 10.6 Å². The lowest BCUT2D eigenvalue weighted by molar-refractivity contribution is -0.119. The summed E-state index contributed by atoms with van der Waals surface area (Å²) < 4.78 is 14.8. The molecule has 2 aromatic carbocycles. The van der Waals surface area contributed by atoms with Gasteiger partial charge in [0, 0.05) is 23.5 Å². The fourth-order valence-electron chi connectivity index (χ4n) is 4.16. The highest BCUT2D eigenvalue weighted by molar-refractivity contribution is 5.99. The first-order chi connectivity index (χ1) is 17.2. The smallest absolute Gasteiger partial charge is 0.354 e. The molecule has 2 heterocycles. The number of hydrogen-bond acceptors (Lipinski definition) is 4. The van der Waals surface area contributed by atoms with Gasteiger partial charge < -0.3 is 20.6 Å². The molecule has 0 radical (unpaired) electrons. The maximum Gasteiger partial charge on any atom is 0.354 e. The van der Waals surface area contributed by atoms with Crippen molar-refractivity contribution in [2.75, 3.05) is 17.2 Å². The molecule has 0 aliphatic carbocycles. The van der Waals surface area contributed by atoms with Crippen molar-refractivity contribution in [3.63, 3.8) is 0 Å². The zero-order valence-corrected chi connectivity index (χ0v) is 20.0. The van der Waals surface area contributed by atoms with Crippen molar-refractivity contribution in [1.29, 1.82) is 0 Å². The SMILES string of the molecule is CC(C)c1ccc(NC(=O)N2CCC[C@@H]2C(=O)Nc2ccc(-c3cccc(C(=O)O)n3)c(F)c2)cc1. The first kappa shape index (κ1) is 24.8. The molecule has 1 aliphatic heterocycles. The van der Waals surface area contributed by atoms with E-state index in [2.05, 4.69) is 29.5 Å². The van der Waals surface area contributed by atoms with E-state index in [1.807, 2.05) is 24.3 Å². The van der Waals surface area contributed by atoms with Crippen molar-refractivity contribution in [3.8, 4) is 11.3 Å². The summed E-state index contributed by atoms with van der Waals surface area (Å²) in [7, 11) is 0. The van der Waals surface area contributed by atoms with Crippen LogP contribution in [-0.4, -0.2) is 45.5 Å². The number of hydrogen-bond donors (Lipinski definition) is 3. The zero-order valence-electron chi connectivity index (χ0n) is 20.0. The van der Waals surface area contributed by atoms with E-state index < -0.39 is 23.7 Å². The van der Waals surface area contributed by atoms with Crippen LogP contribution in [0.1, 0.15) is 48.7 Å². The number of nitrogens with one attached hydrogen (secondary N) is 2. The summed E-state index contributed by atoms with van der Waals surface area (Å²) in [5, 5.41) is 14.6. The lowest BCUT2D eigenvalue weighted by atomic mass is 10.0. The van der Waals surface area contributed by atoms with Crippen LogP contribution in [0.2, 0.25) is 0 Å². The first-order valence-corrected chi connectivity index (χ1v) is 11.7. The summed E-state index contributed by atoms with van der Waals surface area (Å²) >= 11 is 0. The third-order valence-corrected chi connectivity index (χ3v) is 6.13. The Morgan fingerprint density at radius 1 is 1.03 bits per heavy atom. The lowest BCUT2D eigenvalue weighted by Crippen LogP contribution is -2.45. The fraction of sp³-hybridized carbons (Fsp3) is 0.259. The van der Waals surface area contributed by atoms with Crippen molar-refractivity contribution in [1.82, 2.24) is 9.88 Å². The molecule has 1 fully saturated rings. The highest BCUT2D eigenvalue weighted by Gasteiger charge is 2.34. The van der Waals surface area contributed by atoms with E-state index in [4.69, 9.17) is 5.11 Å². The summed E-state index contributed by atoms with van der Waals surface area (Å²) in [6, 6.07) is 15.0. The quantitative estimate of drug-likeness (QED) is 0.432. The molecule has 0 bridgehead atoms. The molecule has 9 heteroatoms. The Morgan fingerprint density at radius 2 is 1.75 bits per heavy atom. The molecule has 1 atom stereocenters. The Labute approximate surface area is 208 Å². The number of amides is 3. The van der Waals surface area contributed by atoms with Crippen LogP contribution in [0.5, 0.6) is 0 Å². The lowest BCUT2D eigenvalue weighted by Gasteiger charge is -2.24. The molecule has 0 saturated carbocycles. The van der Waals surface area contributed by atoms with Gasteiger partial charge in [-0.2, -0.15) is 0 Å². The second-order valence-electron chi connectivity index (χ2n) is 8.96. The highest BCUT2D eigenvalue weighted by atomic mass is 19.1. The van der Waals surface area contributed by atoms with Crippen LogP contribution in [0.15, 0.2) is 60.7 Å². The number of carbonyl (C=O) groups excluding carboxylic acids is 2. The molecule has 1 aliphatic rings. The molecule has 186 valence electrons. The third kappa shape index (κ3) is 5.51. The molecule has 3 amide bonds. The number of anilines is 2.